The van der Waals surface area contributed by atoms with Crippen LogP contribution in [0.1, 0.15) is 16.0 Å². The van der Waals surface area contributed by atoms with Crippen molar-refractivity contribution in [3.8, 4) is 11.8 Å². The van der Waals surface area contributed by atoms with Gasteiger partial charge in [-0.3, -0.25) is 0 Å². The van der Waals surface area contributed by atoms with Crippen molar-refractivity contribution in [3.63, 3.8) is 0 Å². The van der Waals surface area contributed by atoms with E-state index >= 15 is 0 Å². The number of benzene rings is 1. The first-order valence-corrected chi connectivity index (χ1v) is 7.55. The highest BCUT2D eigenvalue weighted by molar-refractivity contribution is 7.09. The van der Waals surface area contributed by atoms with E-state index in [0.717, 1.165) is 25.1 Å². The summed E-state index contributed by atoms with van der Waals surface area (Å²) >= 11 is 1.81. The van der Waals surface area contributed by atoms with Crippen molar-refractivity contribution in [1.29, 1.82) is 0 Å². The summed E-state index contributed by atoms with van der Waals surface area (Å²) < 4.78 is 0. The number of hydrogen-bond donors (Lipinski definition) is 1. The third kappa shape index (κ3) is 4.82. The third-order valence-electron chi connectivity index (χ3n) is 3.01. The van der Waals surface area contributed by atoms with Crippen LogP contribution in [0.3, 0.4) is 0 Å². The molecule has 0 saturated carbocycles. The lowest BCUT2D eigenvalue weighted by Gasteiger charge is -2.16. The molecule has 0 fully saturated rings. The van der Waals surface area contributed by atoms with Gasteiger partial charge in [0.25, 0.3) is 0 Å². The number of hydrogen-bond acceptors (Lipinski definition) is 3. The van der Waals surface area contributed by atoms with Crippen molar-refractivity contribution in [2.75, 3.05) is 20.2 Å². The Labute approximate surface area is 124 Å². The van der Waals surface area contributed by atoms with Crippen molar-refractivity contribution in [2.24, 2.45) is 0 Å². The van der Waals surface area contributed by atoms with Crippen LogP contribution >= 0.6 is 11.3 Å². The fourth-order valence-electron chi connectivity index (χ4n) is 2.04. The van der Waals surface area contributed by atoms with Gasteiger partial charge >= 0.3 is 0 Å². The molecule has 0 aliphatic rings. The van der Waals surface area contributed by atoms with Crippen LogP contribution in [0.15, 0.2) is 41.8 Å². The average Bonchev–Trinajstić information content (AvgIpc) is 2.97. The second kappa shape index (κ2) is 7.86. The average molecular weight is 285 g/mol. The molecule has 0 saturated heterocycles. The highest BCUT2D eigenvalue weighted by atomic mass is 32.1. The minimum atomic E-state index is -0.0923. The summed E-state index contributed by atoms with van der Waals surface area (Å²) in [5.74, 6) is 5.63. The Bertz CT molecular complexity index is 581. The van der Waals surface area contributed by atoms with Gasteiger partial charge in [0.1, 0.15) is 6.61 Å². The fraction of sp³-hybridized carbons (Fsp3) is 0.294. The van der Waals surface area contributed by atoms with E-state index in [1.165, 1.54) is 10.4 Å². The zero-order valence-electron chi connectivity index (χ0n) is 11.7. The molecule has 3 heteroatoms. The predicted octanol–water partition coefficient (Wildman–Crippen LogP) is 2.77. The van der Waals surface area contributed by atoms with Crippen LogP contribution in [0.2, 0.25) is 0 Å². The normalized spacial score (nSPS) is 10.3. The Morgan fingerprint density at radius 1 is 1.25 bits per heavy atom. The minimum Gasteiger partial charge on any atom is -0.384 e. The van der Waals surface area contributed by atoms with Crippen molar-refractivity contribution in [1.82, 2.24) is 4.90 Å². The largest absolute Gasteiger partial charge is 0.384 e. The summed E-state index contributed by atoms with van der Waals surface area (Å²) in [6, 6.07) is 12.5. The number of aliphatic hydroxyl groups is 1. The van der Waals surface area contributed by atoms with Gasteiger partial charge in [-0.2, -0.15) is 0 Å². The van der Waals surface area contributed by atoms with Gasteiger partial charge in [-0.1, -0.05) is 30.0 Å². The van der Waals surface area contributed by atoms with Crippen molar-refractivity contribution >= 4 is 11.3 Å². The lowest BCUT2D eigenvalue weighted by Crippen LogP contribution is -2.20. The predicted molar refractivity (Wildman–Crippen MR) is 84.8 cm³/mol. The van der Waals surface area contributed by atoms with E-state index in [9.17, 15) is 0 Å². The Morgan fingerprint density at radius 3 is 2.90 bits per heavy atom. The van der Waals surface area contributed by atoms with Gasteiger partial charge in [-0.25, -0.2) is 0 Å². The number of rotatable bonds is 5. The Kier molecular flexibility index (Phi) is 5.82. The van der Waals surface area contributed by atoms with E-state index in [0.29, 0.717) is 0 Å². The quantitative estimate of drug-likeness (QED) is 0.854. The van der Waals surface area contributed by atoms with Gasteiger partial charge in [-0.05, 0) is 42.6 Å². The summed E-state index contributed by atoms with van der Waals surface area (Å²) in [6.45, 7) is 1.87. The van der Waals surface area contributed by atoms with Gasteiger partial charge in [0.15, 0.2) is 0 Å². The second-order valence-corrected chi connectivity index (χ2v) is 5.76. The molecule has 0 unspecified atom stereocenters. The Hall–Kier alpha value is -1.60. The molecule has 2 aromatic rings. The molecule has 0 atom stereocenters. The maximum absolute atomic E-state index is 8.72. The monoisotopic (exact) mass is 285 g/mol. The topological polar surface area (TPSA) is 23.5 Å². The lowest BCUT2D eigenvalue weighted by molar-refractivity contribution is 0.332. The maximum atomic E-state index is 8.72. The molecular weight excluding hydrogens is 266 g/mol. The Morgan fingerprint density at radius 2 is 2.15 bits per heavy atom. The fourth-order valence-corrected chi connectivity index (χ4v) is 2.73. The minimum absolute atomic E-state index is 0.0923. The summed E-state index contributed by atoms with van der Waals surface area (Å²) in [7, 11) is 2.14. The maximum Gasteiger partial charge on any atom is 0.104 e. The van der Waals surface area contributed by atoms with E-state index in [1.807, 2.05) is 23.5 Å². The molecule has 1 heterocycles. The molecule has 1 aromatic carbocycles. The van der Waals surface area contributed by atoms with Crippen LogP contribution in [0.5, 0.6) is 0 Å². The number of aliphatic hydroxyl groups excluding tert-OH is 1. The number of likely N-dealkylation sites (N-methyl/N-ethyl adjacent to an activating group) is 1. The first kappa shape index (κ1) is 14.8. The smallest absolute Gasteiger partial charge is 0.104 e. The SMILES string of the molecule is CN(CCc1cccs1)Cc1cccc(C#CCO)c1. The molecule has 2 rings (SSSR count). The van der Waals surface area contributed by atoms with Crippen LogP contribution < -0.4 is 0 Å². The molecule has 0 amide bonds. The standard InChI is InChI=1S/C17H19NOS/c1-18(10-9-17-8-4-12-20-17)14-16-6-2-5-15(13-16)7-3-11-19/h2,4-6,8,12-13,19H,9-11,14H2,1H3. The van der Waals surface area contributed by atoms with Crippen LogP contribution in [-0.4, -0.2) is 30.2 Å². The molecule has 1 N–H and O–H groups in total. The van der Waals surface area contributed by atoms with Gasteiger partial charge in [0.2, 0.25) is 0 Å². The number of thiophene rings is 1. The van der Waals surface area contributed by atoms with Gasteiger partial charge in [0.05, 0.1) is 0 Å². The number of nitrogens with zero attached hydrogens (tertiary/aromatic N) is 1. The van der Waals surface area contributed by atoms with Crippen LogP contribution in [0.25, 0.3) is 0 Å². The van der Waals surface area contributed by atoms with Gasteiger partial charge < -0.3 is 10.0 Å². The molecule has 0 aliphatic carbocycles. The van der Waals surface area contributed by atoms with Crippen LogP contribution in [-0.2, 0) is 13.0 Å². The van der Waals surface area contributed by atoms with Gasteiger partial charge in [-0.15, -0.1) is 11.3 Å². The molecule has 0 radical (unpaired) electrons. The zero-order chi connectivity index (χ0) is 14.2. The molecule has 0 spiro atoms. The second-order valence-electron chi connectivity index (χ2n) is 4.73. The summed E-state index contributed by atoms with van der Waals surface area (Å²) in [5, 5.41) is 10.8. The molecular formula is C17H19NOS. The Balaban J connectivity index is 1.88. The van der Waals surface area contributed by atoms with Gasteiger partial charge in [0, 0.05) is 23.5 Å². The van der Waals surface area contributed by atoms with Crippen molar-refractivity contribution < 1.29 is 5.11 Å². The molecule has 20 heavy (non-hydrogen) atoms. The first-order chi connectivity index (χ1) is 9.78. The molecule has 104 valence electrons. The van der Waals surface area contributed by atoms with E-state index < -0.39 is 0 Å². The summed E-state index contributed by atoms with van der Waals surface area (Å²) in [5.41, 5.74) is 2.21. The highest BCUT2D eigenvalue weighted by Gasteiger charge is 2.02. The third-order valence-corrected chi connectivity index (χ3v) is 3.95. The highest BCUT2D eigenvalue weighted by Crippen LogP contribution is 2.11. The van der Waals surface area contributed by atoms with Crippen LogP contribution in [0, 0.1) is 11.8 Å². The molecule has 1 aromatic heterocycles. The lowest BCUT2D eigenvalue weighted by atomic mass is 10.1. The zero-order valence-corrected chi connectivity index (χ0v) is 12.5. The van der Waals surface area contributed by atoms with E-state index in [4.69, 9.17) is 5.11 Å². The van der Waals surface area contributed by atoms with E-state index in [1.54, 1.807) is 0 Å². The van der Waals surface area contributed by atoms with E-state index in [-0.39, 0.29) is 6.61 Å². The van der Waals surface area contributed by atoms with Crippen molar-refractivity contribution in [3.05, 3.63) is 57.8 Å². The van der Waals surface area contributed by atoms with Crippen LogP contribution in [0.4, 0.5) is 0 Å². The first-order valence-electron chi connectivity index (χ1n) is 6.67. The summed E-state index contributed by atoms with van der Waals surface area (Å²) in [6.07, 6.45) is 1.10. The van der Waals surface area contributed by atoms with E-state index in [2.05, 4.69) is 53.4 Å². The molecule has 2 nitrogen and oxygen atoms in total. The summed E-state index contributed by atoms with van der Waals surface area (Å²) in [4.78, 5) is 3.75. The molecule has 0 aliphatic heterocycles. The van der Waals surface area contributed by atoms with Crippen molar-refractivity contribution in [2.45, 2.75) is 13.0 Å². The molecule has 0 bridgehead atoms.